The number of fused-ring (bicyclic) bond motifs is 4. The molecule has 0 aromatic heterocycles. The van der Waals surface area contributed by atoms with Crippen LogP contribution in [0.3, 0.4) is 0 Å². The lowest BCUT2D eigenvalue weighted by molar-refractivity contribution is 0.443. The number of nitrogens with zero attached hydrogens (tertiary/aromatic N) is 1. The highest BCUT2D eigenvalue weighted by atomic mass is 15.1. The molecule has 0 unspecified atom stereocenters. The van der Waals surface area contributed by atoms with Crippen LogP contribution in [0, 0.1) is 0 Å². The molecule has 0 saturated heterocycles. The van der Waals surface area contributed by atoms with E-state index >= 15 is 0 Å². The number of hydrogen-bond acceptors (Lipinski definition) is 1. The molecule has 1 saturated carbocycles. The summed E-state index contributed by atoms with van der Waals surface area (Å²) in [7, 11) is 0. The van der Waals surface area contributed by atoms with Gasteiger partial charge in [-0.1, -0.05) is 192 Å². The minimum absolute atomic E-state index is 0.0453. The first-order valence-corrected chi connectivity index (χ1v) is 21.3. The Balaban J connectivity index is 1.27. The van der Waals surface area contributed by atoms with Gasteiger partial charge in [0, 0.05) is 16.9 Å². The van der Waals surface area contributed by atoms with Crippen LogP contribution in [0.5, 0.6) is 0 Å². The Morgan fingerprint density at radius 1 is 0.448 bits per heavy atom. The van der Waals surface area contributed by atoms with E-state index in [9.17, 15) is 0 Å². The molecular weight excluding hydrogens is 699 g/mol. The molecule has 2 aliphatic carbocycles. The van der Waals surface area contributed by atoms with E-state index < -0.39 is 5.41 Å². The number of hydrogen-bond donors (Lipinski definition) is 0. The van der Waals surface area contributed by atoms with Gasteiger partial charge in [-0.25, -0.2) is 0 Å². The van der Waals surface area contributed by atoms with E-state index in [0.717, 1.165) is 5.69 Å². The average molecular weight is 750 g/mol. The zero-order valence-electron chi connectivity index (χ0n) is 34.0. The molecule has 8 aromatic carbocycles. The summed E-state index contributed by atoms with van der Waals surface area (Å²) in [6.45, 7) is 7.00. The largest absolute Gasteiger partial charge is 0.310 e. The lowest BCUT2D eigenvalue weighted by Crippen LogP contribution is -2.28. The highest BCUT2D eigenvalue weighted by Gasteiger charge is 2.46. The molecule has 2 aliphatic rings. The fourth-order valence-electron chi connectivity index (χ4n) is 10.3. The smallest absolute Gasteiger partial charge is 0.0714 e. The Hall–Kier alpha value is -6.18. The van der Waals surface area contributed by atoms with E-state index in [1.54, 1.807) is 0 Å². The number of benzene rings is 8. The van der Waals surface area contributed by atoms with Crippen molar-refractivity contribution in [1.82, 2.24) is 0 Å². The van der Waals surface area contributed by atoms with Crippen LogP contribution in [0.1, 0.15) is 92.2 Å². The van der Waals surface area contributed by atoms with E-state index in [2.05, 4.69) is 214 Å². The molecule has 0 bridgehead atoms. The third kappa shape index (κ3) is 6.07. The van der Waals surface area contributed by atoms with Gasteiger partial charge in [-0.15, -0.1) is 0 Å². The van der Waals surface area contributed by atoms with Crippen LogP contribution in [-0.4, -0.2) is 0 Å². The topological polar surface area (TPSA) is 3.24 Å². The third-order valence-electron chi connectivity index (χ3n) is 13.1. The molecule has 1 fully saturated rings. The van der Waals surface area contributed by atoms with Crippen LogP contribution in [-0.2, 0) is 10.8 Å². The van der Waals surface area contributed by atoms with Crippen LogP contribution >= 0.6 is 0 Å². The van der Waals surface area contributed by atoms with Crippen LogP contribution < -0.4 is 4.90 Å². The first-order valence-electron chi connectivity index (χ1n) is 21.3. The molecule has 58 heavy (non-hydrogen) atoms. The zero-order chi connectivity index (χ0) is 39.3. The van der Waals surface area contributed by atoms with Crippen molar-refractivity contribution < 1.29 is 0 Å². The van der Waals surface area contributed by atoms with Crippen LogP contribution in [0.25, 0.3) is 33.0 Å². The molecule has 0 aliphatic heterocycles. The highest BCUT2D eigenvalue weighted by Crippen LogP contribution is 2.57. The second-order valence-corrected chi connectivity index (χ2v) is 17.5. The first-order chi connectivity index (χ1) is 28.4. The molecule has 0 radical (unpaired) electrons. The first kappa shape index (κ1) is 36.2. The van der Waals surface area contributed by atoms with Gasteiger partial charge >= 0.3 is 0 Å². The minimum Gasteiger partial charge on any atom is -0.310 e. The Labute approximate surface area is 344 Å². The Morgan fingerprint density at radius 3 is 1.67 bits per heavy atom. The molecule has 0 N–H and O–H groups in total. The second-order valence-electron chi connectivity index (χ2n) is 17.5. The fraction of sp³-hybridized carbons (Fsp3) is 0.193. The Kier molecular flexibility index (Phi) is 9.13. The van der Waals surface area contributed by atoms with Crippen molar-refractivity contribution in [2.24, 2.45) is 0 Å². The maximum atomic E-state index is 2.55. The summed E-state index contributed by atoms with van der Waals surface area (Å²) in [6.07, 6.45) is 6.59. The predicted molar refractivity (Wildman–Crippen MR) is 246 cm³/mol. The molecule has 0 atom stereocenters. The summed E-state index contributed by atoms with van der Waals surface area (Å²) < 4.78 is 0. The van der Waals surface area contributed by atoms with E-state index in [1.807, 2.05) is 0 Å². The summed E-state index contributed by atoms with van der Waals surface area (Å²) in [5.41, 5.74) is 16.1. The van der Waals surface area contributed by atoms with E-state index in [1.165, 1.54) is 110 Å². The molecule has 10 rings (SSSR count). The SMILES string of the molecule is CC(C)(C)c1ccccc1-c1cc2ccccc2cc1N(c1ccc(C2CCCCC2)cc1)c1ccc2c(c1)C(c1ccccc1)(c1ccccc1)c1ccccc1-2. The fourth-order valence-corrected chi connectivity index (χ4v) is 10.3. The van der Waals surface area contributed by atoms with Gasteiger partial charge in [0.1, 0.15) is 0 Å². The molecule has 1 heteroatoms. The molecular formula is C57H51N. The standard InChI is InChI=1S/C57H51N/c1-56(2,3)52-29-17-15-28-49(52)51-37-42-21-13-14-22-43(42)38-55(51)58(46-33-31-41(32-34-46)40-19-7-4-8-20-40)47-35-36-50-48-27-16-18-30-53(48)57(54(50)39-47,44-23-9-5-10-24-44)45-25-11-6-12-26-45/h5-6,9-18,21-40H,4,7-8,19-20H2,1-3H3. The Morgan fingerprint density at radius 2 is 1.00 bits per heavy atom. The van der Waals surface area contributed by atoms with Crippen LogP contribution in [0.2, 0.25) is 0 Å². The number of rotatable bonds is 7. The van der Waals surface area contributed by atoms with E-state index in [4.69, 9.17) is 0 Å². The maximum absolute atomic E-state index is 2.55. The predicted octanol–water partition coefficient (Wildman–Crippen LogP) is 15.7. The van der Waals surface area contributed by atoms with Crippen molar-refractivity contribution in [2.45, 2.75) is 69.6 Å². The minimum atomic E-state index is -0.494. The molecule has 8 aromatic rings. The van der Waals surface area contributed by atoms with Gasteiger partial charge in [0.05, 0.1) is 11.1 Å². The summed E-state index contributed by atoms with van der Waals surface area (Å²) in [4.78, 5) is 2.55. The van der Waals surface area contributed by atoms with Crippen LogP contribution in [0.15, 0.2) is 188 Å². The monoisotopic (exact) mass is 749 g/mol. The molecule has 0 spiro atoms. The Bertz CT molecular complexity index is 2690. The molecule has 0 amide bonds. The van der Waals surface area contributed by atoms with Gasteiger partial charge in [-0.3, -0.25) is 0 Å². The summed E-state index contributed by atoms with van der Waals surface area (Å²) in [5, 5.41) is 2.48. The maximum Gasteiger partial charge on any atom is 0.0714 e. The quantitative estimate of drug-likeness (QED) is 0.157. The average Bonchev–Trinajstić information content (AvgIpc) is 3.57. The van der Waals surface area contributed by atoms with Crippen LogP contribution in [0.4, 0.5) is 17.1 Å². The van der Waals surface area contributed by atoms with Gasteiger partial charge in [-0.05, 0) is 121 Å². The normalized spacial score (nSPS) is 14.9. The second kappa shape index (κ2) is 14.6. The van der Waals surface area contributed by atoms with Gasteiger partial charge in [0.25, 0.3) is 0 Å². The summed E-state index contributed by atoms with van der Waals surface area (Å²) in [5.74, 6) is 0.641. The van der Waals surface area contributed by atoms with Crippen molar-refractivity contribution >= 4 is 27.8 Å². The highest BCUT2D eigenvalue weighted by molar-refractivity contribution is 5.99. The lowest BCUT2D eigenvalue weighted by atomic mass is 9.67. The molecule has 1 nitrogen and oxygen atoms in total. The van der Waals surface area contributed by atoms with Gasteiger partial charge in [0.2, 0.25) is 0 Å². The summed E-state index contributed by atoms with van der Waals surface area (Å²) >= 11 is 0. The van der Waals surface area contributed by atoms with Gasteiger partial charge in [-0.2, -0.15) is 0 Å². The van der Waals surface area contributed by atoms with Crippen molar-refractivity contribution in [3.05, 3.63) is 221 Å². The van der Waals surface area contributed by atoms with Crippen molar-refractivity contribution in [3.8, 4) is 22.3 Å². The number of anilines is 3. The lowest BCUT2D eigenvalue weighted by Gasteiger charge is -2.35. The summed E-state index contributed by atoms with van der Waals surface area (Å²) in [6, 6.07) is 71.0. The van der Waals surface area contributed by atoms with Crippen molar-refractivity contribution in [2.75, 3.05) is 4.90 Å². The van der Waals surface area contributed by atoms with Gasteiger partial charge < -0.3 is 4.90 Å². The zero-order valence-corrected chi connectivity index (χ0v) is 34.0. The van der Waals surface area contributed by atoms with E-state index in [0.29, 0.717) is 5.92 Å². The van der Waals surface area contributed by atoms with E-state index in [-0.39, 0.29) is 5.41 Å². The van der Waals surface area contributed by atoms with Crippen molar-refractivity contribution in [1.29, 1.82) is 0 Å². The molecule has 0 heterocycles. The third-order valence-corrected chi connectivity index (χ3v) is 13.1. The molecule has 284 valence electrons. The van der Waals surface area contributed by atoms with Crippen molar-refractivity contribution in [3.63, 3.8) is 0 Å². The van der Waals surface area contributed by atoms with Gasteiger partial charge in [0.15, 0.2) is 0 Å².